The first-order chi connectivity index (χ1) is 27.2. The number of furan rings is 1. The number of carbonyl (C=O) groups excluding carboxylic acids is 5. The maximum Gasteiger partial charge on any atom is 0.363 e. The third-order valence-corrected chi connectivity index (χ3v) is 8.47. The average molecular weight is 797 g/mol. The summed E-state index contributed by atoms with van der Waals surface area (Å²) in [4.78, 5) is 104. The van der Waals surface area contributed by atoms with Gasteiger partial charge in [0.25, 0.3) is 11.8 Å². The fourth-order valence-electron chi connectivity index (χ4n) is 5.57. The van der Waals surface area contributed by atoms with E-state index in [0.717, 1.165) is 17.9 Å². The van der Waals surface area contributed by atoms with Crippen LogP contribution in [0.2, 0.25) is 0 Å². The Balaban J connectivity index is 1.72. The Morgan fingerprint density at radius 2 is 1.60 bits per heavy atom. The second kappa shape index (κ2) is 21.8. The number of carboxylic acid groups (broad SMARTS) is 3. The molecular formula is C38H44N4O15. The monoisotopic (exact) mass is 796 g/mol. The minimum Gasteiger partial charge on any atom is -0.497 e. The third-order valence-electron chi connectivity index (χ3n) is 8.47. The van der Waals surface area contributed by atoms with Gasteiger partial charge in [0.1, 0.15) is 23.3 Å². The smallest absolute Gasteiger partial charge is 0.363 e. The molecule has 1 unspecified atom stereocenters. The Morgan fingerprint density at radius 3 is 2.19 bits per heavy atom. The molecule has 3 rings (SSSR count). The lowest BCUT2D eigenvalue weighted by molar-refractivity contribution is -0.171. The van der Waals surface area contributed by atoms with Crippen LogP contribution in [0.25, 0.3) is 11.3 Å². The molecule has 0 radical (unpaired) electrons. The summed E-state index contributed by atoms with van der Waals surface area (Å²) < 4.78 is 16.0. The first-order valence-electron chi connectivity index (χ1n) is 17.7. The molecule has 2 aromatic carbocycles. The molecule has 0 spiro atoms. The van der Waals surface area contributed by atoms with E-state index in [0.29, 0.717) is 25.0 Å². The number of methoxy groups -OCH3 is 1. The number of benzene rings is 2. The van der Waals surface area contributed by atoms with Crippen molar-refractivity contribution in [2.45, 2.75) is 64.5 Å². The van der Waals surface area contributed by atoms with Gasteiger partial charge in [-0.15, -0.1) is 0 Å². The zero-order chi connectivity index (χ0) is 42.1. The molecule has 0 aliphatic carbocycles. The highest BCUT2D eigenvalue weighted by Gasteiger charge is 2.34. The molecule has 0 aliphatic rings. The second-order valence-electron chi connectivity index (χ2n) is 12.4. The number of rotatable bonds is 24. The van der Waals surface area contributed by atoms with Gasteiger partial charge >= 0.3 is 23.9 Å². The first kappa shape index (κ1) is 44.5. The molecule has 4 amide bonds. The Hall–Kier alpha value is -6.92. The maximum atomic E-state index is 13.5. The van der Waals surface area contributed by atoms with Crippen LogP contribution in [0.5, 0.6) is 11.5 Å². The molecule has 3 atom stereocenters. The van der Waals surface area contributed by atoms with Crippen LogP contribution in [0.4, 0.5) is 0 Å². The summed E-state index contributed by atoms with van der Waals surface area (Å²) in [5.74, 6) is -8.34. The Morgan fingerprint density at radius 1 is 0.877 bits per heavy atom. The van der Waals surface area contributed by atoms with Crippen LogP contribution in [-0.4, -0.2) is 101 Å². The molecule has 306 valence electrons. The van der Waals surface area contributed by atoms with Crippen molar-refractivity contribution in [2.75, 3.05) is 20.4 Å². The Kier molecular flexibility index (Phi) is 17.0. The van der Waals surface area contributed by atoms with Gasteiger partial charge in [-0.3, -0.25) is 24.0 Å². The fourth-order valence-corrected chi connectivity index (χ4v) is 5.57. The number of ether oxygens (including phenoxy) is 2. The van der Waals surface area contributed by atoms with Crippen molar-refractivity contribution in [1.82, 2.24) is 21.0 Å². The lowest BCUT2D eigenvalue weighted by atomic mass is 9.90. The molecule has 1 aromatic heterocycles. The van der Waals surface area contributed by atoms with E-state index in [9.17, 15) is 43.5 Å². The van der Waals surface area contributed by atoms with E-state index < -0.39 is 72.6 Å². The summed E-state index contributed by atoms with van der Waals surface area (Å²) in [6.07, 6.45) is 2.30. The number of unbranched alkanes of at least 4 members (excludes halogenated alkanes) is 2. The number of aliphatic carboxylic acids is 3. The number of nitrogens with zero attached hydrogens (tertiary/aromatic N) is 1. The molecule has 6 N–H and O–H groups in total. The van der Waals surface area contributed by atoms with Crippen molar-refractivity contribution in [3.8, 4) is 22.8 Å². The van der Waals surface area contributed by atoms with Crippen molar-refractivity contribution >= 4 is 48.0 Å². The van der Waals surface area contributed by atoms with Crippen molar-refractivity contribution < 1.29 is 72.4 Å². The minimum absolute atomic E-state index is 0.0746. The van der Waals surface area contributed by atoms with E-state index in [2.05, 4.69) is 16.0 Å². The molecule has 0 fully saturated rings. The van der Waals surface area contributed by atoms with E-state index in [-0.39, 0.29) is 47.0 Å². The van der Waals surface area contributed by atoms with E-state index >= 15 is 0 Å². The second-order valence-corrected chi connectivity index (χ2v) is 12.4. The number of hydrogen-bond donors (Lipinski definition) is 6. The predicted octanol–water partition coefficient (Wildman–Crippen LogP) is 3.09. The van der Waals surface area contributed by atoms with Crippen LogP contribution < -0.4 is 25.4 Å². The lowest BCUT2D eigenvalue weighted by Crippen LogP contribution is -2.49. The molecule has 19 nitrogen and oxygen atoms in total. The van der Waals surface area contributed by atoms with Gasteiger partial charge in [-0.1, -0.05) is 39.2 Å². The van der Waals surface area contributed by atoms with Crippen LogP contribution in [-0.2, 0) is 28.8 Å². The molecule has 0 aliphatic heterocycles. The first-order valence-corrected chi connectivity index (χ1v) is 17.7. The van der Waals surface area contributed by atoms with Gasteiger partial charge in [0.15, 0.2) is 12.4 Å². The lowest BCUT2D eigenvalue weighted by Gasteiger charge is -2.31. The molecule has 0 saturated carbocycles. The largest absolute Gasteiger partial charge is 0.497 e. The fraction of sp³-hybridized carbons (Fsp3) is 0.368. The molecule has 0 bridgehead atoms. The predicted molar refractivity (Wildman–Crippen MR) is 197 cm³/mol. The zero-order valence-corrected chi connectivity index (χ0v) is 31.4. The van der Waals surface area contributed by atoms with Crippen LogP contribution in [0.3, 0.4) is 0 Å². The van der Waals surface area contributed by atoms with Crippen LogP contribution in [0.15, 0.2) is 59.0 Å². The van der Waals surface area contributed by atoms with Gasteiger partial charge in [-0.05, 0) is 61.4 Å². The van der Waals surface area contributed by atoms with Crippen molar-refractivity contribution in [2.24, 2.45) is 5.92 Å². The maximum absolute atomic E-state index is 13.5. The Bertz CT molecular complexity index is 1910. The van der Waals surface area contributed by atoms with E-state index in [1.54, 1.807) is 19.1 Å². The normalized spacial score (nSPS) is 12.2. The average Bonchev–Trinajstić information content (AvgIpc) is 3.69. The summed E-state index contributed by atoms with van der Waals surface area (Å²) in [6, 6.07) is 9.87. The van der Waals surface area contributed by atoms with Gasteiger partial charge < -0.3 is 50.0 Å². The third kappa shape index (κ3) is 13.1. The summed E-state index contributed by atoms with van der Waals surface area (Å²) >= 11 is 0. The van der Waals surface area contributed by atoms with Gasteiger partial charge in [-0.25, -0.2) is 14.4 Å². The zero-order valence-electron chi connectivity index (χ0n) is 31.4. The highest BCUT2D eigenvalue weighted by atomic mass is 16.7. The molecule has 57 heavy (non-hydrogen) atoms. The Labute approximate surface area is 326 Å². The number of hydrogen-bond acceptors (Lipinski definition) is 12. The SMILES string of the molecule is CCCCCC(C(=O)NCNC(=O)c1ccc(-c2ccc(C(=O)N[C@@H](CC(=O)O)C(=O)O)c(OCC(=O)O)c2)o1)[C@@H](CC)N(C=O)OC(=O)c1ccc(OC)cc1. The van der Waals surface area contributed by atoms with E-state index in [4.69, 9.17) is 28.9 Å². The molecule has 0 saturated heterocycles. The van der Waals surface area contributed by atoms with E-state index in [1.165, 1.54) is 49.6 Å². The highest BCUT2D eigenvalue weighted by molar-refractivity contribution is 6.00. The quantitative estimate of drug-likeness (QED) is 0.0329. The molecular weight excluding hydrogens is 752 g/mol. The number of carbonyl (C=O) groups is 8. The minimum atomic E-state index is -1.79. The van der Waals surface area contributed by atoms with Crippen molar-refractivity contribution in [3.63, 3.8) is 0 Å². The van der Waals surface area contributed by atoms with Crippen molar-refractivity contribution in [1.29, 1.82) is 0 Å². The highest BCUT2D eigenvalue weighted by Crippen LogP contribution is 2.29. The van der Waals surface area contributed by atoms with Gasteiger partial charge in [0.05, 0.1) is 43.3 Å². The van der Waals surface area contributed by atoms with Gasteiger partial charge in [-0.2, -0.15) is 5.06 Å². The summed E-state index contributed by atoms with van der Waals surface area (Å²) in [6.45, 7) is 2.48. The number of hydroxylamine groups is 2. The van der Waals surface area contributed by atoms with Gasteiger partial charge in [0.2, 0.25) is 12.3 Å². The van der Waals surface area contributed by atoms with Gasteiger partial charge in [0, 0.05) is 5.56 Å². The topological polar surface area (TPSA) is 277 Å². The molecule has 19 heteroatoms. The molecule has 3 aromatic rings. The number of carboxylic acids is 3. The van der Waals surface area contributed by atoms with Crippen molar-refractivity contribution in [3.05, 3.63) is 71.5 Å². The van der Waals surface area contributed by atoms with Crippen LogP contribution >= 0.6 is 0 Å². The summed E-state index contributed by atoms with van der Waals surface area (Å²) in [5.41, 5.74) is 0.0692. The van der Waals surface area contributed by atoms with Crippen LogP contribution in [0.1, 0.15) is 83.6 Å². The van der Waals surface area contributed by atoms with Crippen LogP contribution in [0, 0.1) is 5.92 Å². The van der Waals surface area contributed by atoms with E-state index in [1.807, 2.05) is 6.92 Å². The summed E-state index contributed by atoms with van der Waals surface area (Å²) in [7, 11) is 1.47. The molecule has 1 heterocycles. The number of nitrogens with one attached hydrogen (secondary N) is 3. The summed E-state index contributed by atoms with van der Waals surface area (Å²) in [5, 5.41) is 35.4. The standard InChI is InChI=1S/C38H44N4O15/c1-4-6-7-8-25(28(5-2)42(21-43)57-38(53)22-9-12-24(54-3)13-10-22)34(48)39-20-40-36(50)30-16-15-29(56-30)23-11-14-26(31(17-23)55-19-33(46)47)35(49)41-27(37(51)52)18-32(44)45/h9-17,21,25,27-28H,4-8,18-20H2,1-3H3,(H,39,48)(H,40,50)(H,41,49)(H,44,45)(H,46,47)(H,51,52)/t25?,27-,28+/m0/s1. The number of amides is 4.